The van der Waals surface area contributed by atoms with Gasteiger partial charge in [0.2, 0.25) is 0 Å². The Morgan fingerprint density at radius 2 is 1.81 bits per heavy atom. The number of hydrogen-bond acceptors (Lipinski definition) is 1. The Morgan fingerprint density at radius 1 is 1.25 bits per heavy atom. The highest BCUT2D eigenvalue weighted by Crippen LogP contribution is 2.09. The van der Waals surface area contributed by atoms with Crippen molar-refractivity contribution >= 4 is 5.96 Å². The molecule has 1 rings (SSSR count). The van der Waals surface area contributed by atoms with Crippen LogP contribution >= 0.6 is 0 Å². The summed E-state index contributed by atoms with van der Waals surface area (Å²) in [7, 11) is 1.83. The van der Waals surface area contributed by atoms with Crippen LogP contribution in [0.5, 0.6) is 0 Å². The van der Waals surface area contributed by atoms with E-state index < -0.39 is 0 Å². The second-order valence-electron chi connectivity index (χ2n) is 4.16. The molecule has 0 aliphatic heterocycles. The summed E-state index contributed by atoms with van der Waals surface area (Å²) in [5.41, 5.74) is 7.97. The van der Waals surface area contributed by atoms with Gasteiger partial charge >= 0.3 is 0 Å². The van der Waals surface area contributed by atoms with Crippen molar-refractivity contribution in [2.45, 2.75) is 32.7 Å². The van der Waals surface area contributed by atoms with Gasteiger partial charge in [0.1, 0.15) is 0 Å². The first kappa shape index (κ1) is 12.6. The summed E-state index contributed by atoms with van der Waals surface area (Å²) in [6.45, 7) is 2.90. The maximum absolute atomic E-state index is 7.29. The van der Waals surface area contributed by atoms with Crippen LogP contribution in [-0.2, 0) is 13.0 Å². The quantitative estimate of drug-likeness (QED) is 0.590. The summed E-state index contributed by atoms with van der Waals surface area (Å²) in [6.07, 6.45) is 3.63. The first-order valence-corrected chi connectivity index (χ1v) is 5.76. The van der Waals surface area contributed by atoms with E-state index >= 15 is 0 Å². The van der Waals surface area contributed by atoms with E-state index in [9.17, 15) is 0 Å². The second-order valence-corrected chi connectivity index (χ2v) is 4.16. The largest absolute Gasteiger partial charge is 0.370 e. The molecule has 1 aromatic rings. The van der Waals surface area contributed by atoms with Crippen LogP contribution in [0.3, 0.4) is 0 Å². The highest BCUT2D eigenvalue weighted by Gasteiger charge is 2.01. The molecule has 0 saturated heterocycles. The normalized spacial score (nSPS) is 10.1. The zero-order valence-electron chi connectivity index (χ0n) is 10.2. The van der Waals surface area contributed by atoms with E-state index in [2.05, 4.69) is 31.2 Å². The van der Waals surface area contributed by atoms with Crippen LogP contribution in [0, 0.1) is 5.41 Å². The minimum Gasteiger partial charge on any atom is -0.370 e. The van der Waals surface area contributed by atoms with Crippen molar-refractivity contribution in [3.05, 3.63) is 35.4 Å². The topological polar surface area (TPSA) is 53.1 Å². The number of hydrogen-bond donors (Lipinski definition) is 2. The van der Waals surface area contributed by atoms with Crippen molar-refractivity contribution < 1.29 is 0 Å². The lowest BCUT2D eigenvalue weighted by molar-refractivity contribution is 0.491. The molecule has 1 aromatic carbocycles. The van der Waals surface area contributed by atoms with E-state index in [-0.39, 0.29) is 5.96 Å². The summed E-state index contributed by atoms with van der Waals surface area (Å²) in [4.78, 5) is 1.72. The molecule has 88 valence electrons. The zero-order chi connectivity index (χ0) is 12.0. The number of benzene rings is 1. The van der Waals surface area contributed by atoms with Gasteiger partial charge in [0.05, 0.1) is 0 Å². The summed E-state index contributed by atoms with van der Waals surface area (Å²) >= 11 is 0. The maximum atomic E-state index is 7.29. The molecule has 0 aliphatic rings. The lowest BCUT2D eigenvalue weighted by Crippen LogP contribution is -2.32. The Kier molecular flexibility index (Phi) is 4.83. The number of nitrogens with two attached hydrogens (primary N) is 1. The molecule has 0 saturated carbocycles. The minimum absolute atomic E-state index is 0.107. The smallest absolute Gasteiger partial charge is 0.188 e. The molecule has 16 heavy (non-hydrogen) atoms. The highest BCUT2D eigenvalue weighted by atomic mass is 15.2. The first-order chi connectivity index (χ1) is 7.63. The van der Waals surface area contributed by atoms with E-state index in [1.807, 2.05) is 7.05 Å². The Hall–Kier alpha value is -1.51. The summed E-state index contributed by atoms with van der Waals surface area (Å²) < 4.78 is 0. The zero-order valence-corrected chi connectivity index (χ0v) is 10.2. The number of rotatable bonds is 5. The van der Waals surface area contributed by atoms with Crippen LogP contribution in [-0.4, -0.2) is 17.9 Å². The fourth-order valence-electron chi connectivity index (χ4n) is 1.55. The molecule has 0 aromatic heterocycles. The Bertz CT molecular complexity index is 330. The second kappa shape index (κ2) is 6.16. The van der Waals surface area contributed by atoms with Crippen LogP contribution in [0.2, 0.25) is 0 Å². The molecule has 0 fully saturated rings. The molecule has 0 bridgehead atoms. The third-order valence-corrected chi connectivity index (χ3v) is 2.67. The molecule has 0 aliphatic carbocycles. The number of guanidine groups is 1. The van der Waals surface area contributed by atoms with Gasteiger partial charge in [-0.25, -0.2) is 0 Å². The molecular weight excluding hydrogens is 198 g/mol. The van der Waals surface area contributed by atoms with Crippen molar-refractivity contribution in [3.8, 4) is 0 Å². The van der Waals surface area contributed by atoms with Gasteiger partial charge < -0.3 is 10.6 Å². The van der Waals surface area contributed by atoms with Gasteiger partial charge in [0.25, 0.3) is 0 Å². The van der Waals surface area contributed by atoms with E-state index in [0.29, 0.717) is 6.54 Å². The monoisotopic (exact) mass is 219 g/mol. The molecule has 0 atom stereocenters. The van der Waals surface area contributed by atoms with Crippen molar-refractivity contribution in [2.75, 3.05) is 7.05 Å². The molecule has 3 N–H and O–H groups in total. The predicted octanol–water partition coefficient (Wildman–Crippen LogP) is 2.35. The number of nitrogens with zero attached hydrogens (tertiary/aromatic N) is 1. The fraction of sp³-hybridized carbons (Fsp3) is 0.462. The average Bonchev–Trinajstić information content (AvgIpc) is 2.28. The third kappa shape index (κ3) is 3.93. The molecule has 3 heteroatoms. The first-order valence-electron chi connectivity index (χ1n) is 5.76. The van der Waals surface area contributed by atoms with Crippen LogP contribution in [0.15, 0.2) is 24.3 Å². The maximum Gasteiger partial charge on any atom is 0.188 e. The highest BCUT2D eigenvalue weighted by molar-refractivity contribution is 5.74. The van der Waals surface area contributed by atoms with Gasteiger partial charge in [-0.2, -0.15) is 0 Å². The standard InChI is InChI=1S/C13H21N3/c1-3-4-5-11-6-8-12(9-7-11)10-16(2)13(14)15/h6-9H,3-5,10H2,1-2H3,(H3,14,15). The van der Waals surface area contributed by atoms with Crippen LogP contribution < -0.4 is 5.73 Å². The molecular formula is C13H21N3. The van der Waals surface area contributed by atoms with Crippen molar-refractivity contribution in [2.24, 2.45) is 5.73 Å². The summed E-state index contributed by atoms with van der Waals surface area (Å²) in [5, 5.41) is 7.29. The number of unbranched alkanes of at least 4 members (excludes halogenated alkanes) is 1. The van der Waals surface area contributed by atoms with Crippen LogP contribution in [0.4, 0.5) is 0 Å². The van der Waals surface area contributed by atoms with E-state index in [1.54, 1.807) is 4.90 Å². The van der Waals surface area contributed by atoms with Gasteiger partial charge in [-0.15, -0.1) is 0 Å². The molecule has 0 spiro atoms. The molecule has 0 unspecified atom stereocenters. The van der Waals surface area contributed by atoms with Gasteiger partial charge in [-0.1, -0.05) is 37.6 Å². The van der Waals surface area contributed by atoms with Gasteiger partial charge in [0.15, 0.2) is 5.96 Å². The van der Waals surface area contributed by atoms with E-state index in [1.165, 1.54) is 24.0 Å². The lowest BCUT2D eigenvalue weighted by Gasteiger charge is -2.16. The molecule has 0 heterocycles. The SMILES string of the molecule is CCCCc1ccc(CN(C)C(=N)N)cc1. The van der Waals surface area contributed by atoms with Gasteiger partial charge in [-0.05, 0) is 24.0 Å². The molecule has 0 amide bonds. The van der Waals surface area contributed by atoms with Crippen molar-refractivity contribution in [3.63, 3.8) is 0 Å². The van der Waals surface area contributed by atoms with Crippen molar-refractivity contribution in [1.82, 2.24) is 4.90 Å². The minimum atomic E-state index is 0.107. The third-order valence-electron chi connectivity index (χ3n) is 2.67. The van der Waals surface area contributed by atoms with Crippen LogP contribution in [0.1, 0.15) is 30.9 Å². The Morgan fingerprint density at radius 3 is 2.31 bits per heavy atom. The average molecular weight is 219 g/mol. The molecule has 0 radical (unpaired) electrons. The van der Waals surface area contributed by atoms with Gasteiger partial charge in [-0.3, -0.25) is 5.41 Å². The molecule has 3 nitrogen and oxygen atoms in total. The number of aryl methyl sites for hydroxylation is 1. The lowest BCUT2D eigenvalue weighted by atomic mass is 10.1. The van der Waals surface area contributed by atoms with Crippen molar-refractivity contribution in [1.29, 1.82) is 5.41 Å². The van der Waals surface area contributed by atoms with E-state index in [4.69, 9.17) is 11.1 Å². The Labute approximate surface area is 97.8 Å². The Balaban J connectivity index is 2.54. The van der Waals surface area contributed by atoms with Crippen LogP contribution in [0.25, 0.3) is 0 Å². The van der Waals surface area contributed by atoms with Gasteiger partial charge in [0, 0.05) is 13.6 Å². The fourth-order valence-corrected chi connectivity index (χ4v) is 1.55. The number of nitrogens with one attached hydrogen (secondary N) is 1. The summed E-state index contributed by atoms with van der Waals surface area (Å²) in [6, 6.07) is 8.56. The summed E-state index contributed by atoms with van der Waals surface area (Å²) in [5.74, 6) is 0.107. The predicted molar refractivity (Wildman–Crippen MR) is 68.4 cm³/mol. The van der Waals surface area contributed by atoms with E-state index in [0.717, 1.165) is 6.42 Å².